The topological polar surface area (TPSA) is 137 Å². The number of ether oxygens (including phenoxy) is 2. The summed E-state index contributed by atoms with van der Waals surface area (Å²) in [6, 6.07) is 4.14. The quantitative estimate of drug-likeness (QED) is 0.414. The Balaban J connectivity index is 2.02. The second-order valence-corrected chi connectivity index (χ2v) is 7.23. The van der Waals surface area contributed by atoms with Gasteiger partial charge in [0.15, 0.2) is 0 Å². The van der Waals surface area contributed by atoms with Crippen LogP contribution in [0, 0.1) is 16.0 Å². The average molecular weight is 429 g/mol. The lowest BCUT2D eigenvalue weighted by Crippen LogP contribution is -2.34. The molecule has 164 valence electrons. The van der Waals surface area contributed by atoms with E-state index in [1.165, 1.54) is 38.7 Å². The number of methoxy groups -OCH3 is 2. The molecule has 0 amide bonds. The fourth-order valence-electron chi connectivity index (χ4n) is 3.39. The first-order valence-electron chi connectivity index (χ1n) is 9.67. The van der Waals surface area contributed by atoms with Crippen molar-refractivity contribution < 1.29 is 24.0 Å². The first-order valence-corrected chi connectivity index (χ1v) is 9.67. The van der Waals surface area contributed by atoms with E-state index in [1.807, 2.05) is 4.90 Å². The Hall–Kier alpha value is -3.76. The minimum Gasteiger partial charge on any atom is -0.465 e. The molecular formula is C20H23N5O6. The first kappa shape index (κ1) is 21.9. The molecule has 2 aromatic rings. The molecule has 11 heteroatoms. The minimum atomic E-state index is -0.672. The Bertz CT molecular complexity index is 969. The highest BCUT2D eigenvalue weighted by molar-refractivity contribution is 5.97. The van der Waals surface area contributed by atoms with E-state index in [0.717, 1.165) is 12.8 Å². The van der Waals surface area contributed by atoms with Crippen LogP contribution in [0.5, 0.6) is 0 Å². The molecule has 0 saturated carbocycles. The molecule has 2 heterocycles. The number of carbonyl (C=O) groups is 2. The predicted molar refractivity (Wildman–Crippen MR) is 112 cm³/mol. The maximum absolute atomic E-state index is 12.0. The van der Waals surface area contributed by atoms with E-state index >= 15 is 0 Å². The zero-order valence-electron chi connectivity index (χ0n) is 17.5. The van der Waals surface area contributed by atoms with Gasteiger partial charge in [0.25, 0.3) is 0 Å². The van der Waals surface area contributed by atoms with Crippen molar-refractivity contribution in [3.8, 4) is 0 Å². The predicted octanol–water partition coefficient (Wildman–Crippen LogP) is 2.94. The van der Waals surface area contributed by atoms with E-state index in [9.17, 15) is 19.7 Å². The summed E-state index contributed by atoms with van der Waals surface area (Å²) in [5.74, 6) is -0.617. The normalized spacial score (nSPS) is 14.1. The third kappa shape index (κ3) is 4.87. The lowest BCUT2D eigenvalue weighted by molar-refractivity contribution is -0.383. The van der Waals surface area contributed by atoms with E-state index in [-0.39, 0.29) is 34.1 Å². The molecule has 31 heavy (non-hydrogen) atoms. The molecule has 0 spiro atoms. The molecular weight excluding hydrogens is 406 g/mol. The van der Waals surface area contributed by atoms with Gasteiger partial charge in [-0.2, -0.15) is 0 Å². The standard InChI is InChI=1S/C20H23N5O6/c1-12-4-6-24(7-5-12)18-16(25(28)29)17(21-11-22-18)23-15-9-13(19(26)30-2)8-14(10-15)20(27)31-3/h8-12H,4-7H2,1-3H3,(H,21,22,23). The van der Waals surface area contributed by atoms with Gasteiger partial charge >= 0.3 is 17.6 Å². The smallest absolute Gasteiger partial charge is 0.353 e. The molecule has 1 saturated heterocycles. The summed E-state index contributed by atoms with van der Waals surface area (Å²) in [7, 11) is 2.42. The second kappa shape index (κ2) is 9.37. The summed E-state index contributed by atoms with van der Waals surface area (Å²) < 4.78 is 9.44. The molecule has 1 aliphatic rings. The van der Waals surface area contributed by atoms with E-state index in [1.54, 1.807) is 0 Å². The number of esters is 2. The Morgan fingerprint density at radius 1 is 1.10 bits per heavy atom. The SMILES string of the molecule is COC(=O)c1cc(Nc2ncnc(N3CCC(C)CC3)c2[N+](=O)[O-])cc(C(=O)OC)c1. The molecule has 1 fully saturated rings. The molecule has 0 atom stereocenters. The van der Waals surface area contributed by atoms with Crippen LogP contribution in [-0.2, 0) is 9.47 Å². The Kier molecular flexibility index (Phi) is 6.63. The molecule has 1 N–H and O–H groups in total. The van der Waals surface area contributed by atoms with Crippen LogP contribution in [0.1, 0.15) is 40.5 Å². The highest BCUT2D eigenvalue weighted by Gasteiger charge is 2.29. The number of carbonyl (C=O) groups excluding carboxylic acids is 2. The van der Waals surface area contributed by atoms with Crippen LogP contribution in [0.3, 0.4) is 0 Å². The molecule has 0 unspecified atom stereocenters. The van der Waals surface area contributed by atoms with Crippen molar-refractivity contribution in [2.45, 2.75) is 19.8 Å². The van der Waals surface area contributed by atoms with Gasteiger partial charge in [-0.25, -0.2) is 19.6 Å². The van der Waals surface area contributed by atoms with Crippen LogP contribution in [-0.4, -0.2) is 54.1 Å². The largest absolute Gasteiger partial charge is 0.465 e. The van der Waals surface area contributed by atoms with Crippen molar-refractivity contribution in [1.29, 1.82) is 0 Å². The third-order valence-corrected chi connectivity index (χ3v) is 5.11. The summed E-state index contributed by atoms with van der Waals surface area (Å²) in [5.41, 5.74) is 0.119. The fourth-order valence-corrected chi connectivity index (χ4v) is 3.39. The van der Waals surface area contributed by atoms with Gasteiger partial charge < -0.3 is 19.7 Å². The van der Waals surface area contributed by atoms with Crippen molar-refractivity contribution in [2.24, 2.45) is 5.92 Å². The van der Waals surface area contributed by atoms with Crippen LogP contribution in [0.2, 0.25) is 0 Å². The van der Waals surface area contributed by atoms with Gasteiger partial charge in [-0.05, 0) is 37.0 Å². The third-order valence-electron chi connectivity index (χ3n) is 5.11. The Labute approximate surface area is 178 Å². The summed E-state index contributed by atoms with van der Waals surface area (Å²) in [5, 5.41) is 14.7. The van der Waals surface area contributed by atoms with Crippen molar-refractivity contribution in [3.05, 3.63) is 45.8 Å². The van der Waals surface area contributed by atoms with Crippen molar-refractivity contribution >= 4 is 34.9 Å². The van der Waals surface area contributed by atoms with Crippen molar-refractivity contribution in [3.63, 3.8) is 0 Å². The Morgan fingerprint density at radius 2 is 1.68 bits per heavy atom. The number of piperidine rings is 1. The van der Waals surface area contributed by atoms with Gasteiger partial charge in [-0.1, -0.05) is 6.92 Å². The molecule has 3 rings (SSSR count). The lowest BCUT2D eigenvalue weighted by atomic mass is 9.99. The number of aromatic nitrogens is 2. The molecule has 11 nitrogen and oxygen atoms in total. The van der Waals surface area contributed by atoms with Crippen LogP contribution < -0.4 is 10.2 Å². The fraction of sp³-hybridized carbons (Fsp3) is 0.400. The monoisotopic (exact) mass is 429 g/mol. The number of rotatable bonds is 6. The van der Waals surface area contributed by atoms with Gasteiger partial charge in [0, 0.05) is 18.8 Å². The summed E-state index contributed by atoms with van der Waals surface area (Å²) >= 11 is 0. The first-order chi connectivity index (χ1) is 14.8. The number of hydrogen-bond acceptors (Lipinski definition) is 10. The molecule has 0 aliphatic carbocycles. The number of anilines is 3. The molecule has 0 bridgehead atoms. The maximum atomic E-state index is 12.0. The van der Waals surface area contributed by atoms with Crippen molar-refractivity contribution in [1.82, 2.24) is 9.97 Å². The summed E-state index contributed by atoms with van der Waals surface area (Å²) in [6.07, 6.45) is 3.06. The summed E-state index contributed by atoms with van der Waals surface area (Å²) in [6.45, 7) is 3.46. The van der Waals surface area contributed by atoms with E-state index in [0.29, 0.717) is 19.0 Å². The van der Waals surface area contributed by atoms with E-state index in [4.69, 9.17) is 9.47 Å². The zero-order valence-corrected chi connectivity index (χ0v) is 17.5. The van der Waals surface area contributed by atoms with Crippen LogP contribution in [0.4, 0.5) is 23.0 Å². The van der Waals surface area contributed by atoms with Gasteiger partial charge in [0.05, 0.1) is 30.3 Å². The van der Waals surface area contributed by atoms with Crippen LogP contribution >= 0.6 is 0 Å². The molecule has 1 aromatic heterocycles. The van der Waals surface area contributed by atoms with Crippen LogP contribution in [0.15, 0.2) is 24.5 Å². The number of nitrogens with one attached hydrogen (secondary N) is 1. The minimum absolute atomic E-state index is 0.0496. The molecule has 0 radical (unpaired) electrons. The van der Waals surface area contributed by atoms with Gasteiger partial charge in [0.2, 0.25) is 11.6 Å². The molecule has 1 aliphatic heterocycles. The number of benzene rings is 1. The second-order valence-electron chi connectivity index (χ2n) is 7.23. The average Bonchev–Trinajstić information content (AvgIpc) is 2.77. The number of nitro groups is 1. The Morgan fingerprint density at radius 3 is 2.19 bits per heavy atom. The lowest BCUT2D eigenvalue weighted by Gasteiger charge is -2.30. The summed E-state index contributed by atoms with van der Waals surface area (Å²) in [4.78, 5) is 45.4. The van der Waals surface area contributed by atoms with E-state index in [2.05, 4.69) is 22.2 Å². The van der Waals surface area contributed by atoms with Crippen molar-refractivity contribution in [2.75, 3.05) is 37.5 Å². The zero-order chi connectivity index (χ0) is 22.5. The molecule has 1 aromatic carbocycles. The van der Waals surface area contributed by atoms with E-state index < -0.39 is 16.9 Å². The highest BCUT2D eigenvalue weighted by atomic mass is 16.6. The van der Waals surface area contributed by atoms with Gasteiger partial charge in [-0.15, -0.1) is 0 Å². The number of nitrogens with zero attached hydrogens (tertiary/aromatic N) is 4. The van der Waals surface area contributed by atoms with Crippen LogP contribution in [0.25, 0.3) is 0 Å². The highest BCUT2D eigenvalue weighted by Crippen LogP contribution is 2.35. The maximum Gasteiger partial charge on any atom is 0.353 e. The van der Waals surface area contributed by atoms with Gasteiger partial charge in [0.1, 0.15) is 6.33 Å². The number of hydrogen-bond donors (Lipinski definition) is 1. The van der Waals surface area contributed by atoms with Gasteiger partial charge in [-0.3, -0.25) is 10.1 Å².